The first-order valence-electron chi connectivity index (χ1n) is 7.76. The van der Waals surface area contributed by atoms with E-state index >= 15 is 0 Å². The fourth-order valence-electron chi connectivity index (χ4n) is 2.71. The number of hydrogen-bond donors (Lipinski definition) is 1. The maximum atomic E-state index is 12.4. The largest absolute Gasteiger partial charge is 0.311 e. The molecule has 0 fully saturated rings. The molecule has 2 heterocycles. The van der Waals surface area contributed by atoms with Crippen LogP contribution in [0.5, 0.6) is 0 Å². The van der Waals surface area contributed by atoms with Crippen molar-refractivity contribution in [1.29, 1.82) is 0 Å². The lowest BCUT2D eigenvalue weighted by molar-refractivity contribution is -0.129. The Bertz CT molecular complexity index is 799. The first-order valence-corrected chi connectivity index (χ1v) is 8.58. The Kier molecular flexibility index (Phi) is 4.71. The second-order valence-electron chi connectivity index (χ2n) is 5.49. The minimum atomic E-state index is -0.317. The van der Waals surface area contributed by atoms with E-state index in [2.05, 4.69) is 15.5 Å². The van der Waals surface area contributed by atoms with Crippen molar-refractivity contribution in [1.82, 2.24) is 15.1 Å². The Labute approximate surface area is 144 Å². The Morgan fingerprint density at radius 1 is 1.29 bits per heavy atom. The van der Waals surface area contributed by atoms with Crippen LogP contribution in [-0.2, 0) is 16.0 Å². The molecule has 3 rings (SSSR count). The zero-order chi connectivity index (χ0) is 17.1. The molecule has 6 nitrogen and oxygen atoms in total. The number of aromatic nitrogens is 2. The van der Waals surface area contributed by atoms with Gasteiger partial charge in [-0.3, -0.25) is 9.59 Å². The van der Waals surface area contributed by atoms with Gasteiger partial charge >= 0.3 is 0 Å². The van der Waals surface area contributed by atoms with E-state index in [-0.39, 0.29) is 24.3 Å². The van der Waals surface area contributed by atoms with E-state index in [1.807, 2.05) is 37.3 Å². The number of amides is 2. The van der Waals surface area contributed by atoms with Gasteiger partial charge in [0.25, 0.3) is 0 Å². The van der Waals surface area contributed by atoms with Gasteiger partial charge in [-0.15, -0.1) is 10.2 Å². The molecule has 7 heteroatoms. The summed E-state index contributed by atoms with van der Waals surface area (Å²) >= 11 is 1.37. The van der Waals surface area contributed by atoms with Gasteiger partial charge in [0.15, 0.2) is 0 Å². The van der Waals surface area contributed by atoms with Gasteiger partial charge in [0, 0.05) is 13.1 Å². The highest BCUT2D eigenvalue weighted by atomic mass is 32.1. The zero-order valence-corrected chi connectivity index (χ0v) is 14.3. The van der Waals surface area contributed by atoms with Crippen molar-refractivity contribution in [3.8, 4) is 0 Å². The molecular weight excluding hydrogens is 324 g/mol. The smallest absolute Gasteiger partial charge is 0.228 e. The molecule has 2 amide bonds. The number of anilines is 1. The fourth-order valence-corrected chi connectivity index (χ4v) is 3.40. The maximum absolute atomic E-state index is 12.4. The van der Waals surface area contributed by atoms with E-state index in [4.69, 9.17) is 0 Å². The third kappa shape index (κ3) is 3.35. The lowest BCUT2D eigenvalue weighted by Crippen LogP contribution is -2.33. The third-order valence-corrected chi connectivity index (χ3v) is 4.85. The summed E-state index contributed by atoms with van der Waals surface area (Å²) in [5.41, 5.74) is 1.99. The van der Waals surface area contributed by atoms with Crippen LogP contribution in [0.25, 0.3) is 6.08 Å². The molecule has 2 aromatic rings. The Morgan fingerprint density at radius 2 is 2.08 bits per heavy atom. The number of aryl methyl sites for hydroxylation is 1. The molecule has 0 spiro atoms. The minimum Gasteiger partial charge on any atom is -0.311 e. The maximum Gasteiger partial charge on any atom is 0.228 e. The van der Waals surface area contributed by atoms with E-state index in [9.17, 15) is 9.59 Å². The van der Waals surface area contributed by atoms with E-state index in [1.165, 1.54) is 18.3 Å². The monoisotopic (exact) mass is 342 g/mol. The lowest BCUT2D eigenvalue weighted by atomic mass is 9.93. The normalized spacial score (nSPS) is 15.9. The lowest BCUT2D eigenvalue weighted by Gasteiger charge is -2.32. The van der Waals surface area contributed by atoms with E-state index in [1.54, 1.807) is 11.1 Å². The van der Waals surface area contributed by atoms with Gasteiger partial charge in [-0.05, 0) is 23.6 Å². The van der Waals surface area contributed by atoms with Crippen LogP contribution >= 0.6 is 11.3 Å². The van der Waals surface area contributed by atoms with Crippen molar-refractivity contribution in [2.45, 2.75) is 32.7 Å². The van der Waals surface area contributed by atoms with Crippen molar-refractivity contribution in [3.63, 3.8) is 0 Å². The molecule has 0 saturated heterocycles. The number of rotatable bonds is 4. The first kappa shape index (κ1) is 16.3. The highest BCUT2D eigenvalue weighted by Gasteiger charge is 2.28. The summed E-state index contributed by atoms with van der Waals surface area (Å²) in [6, 6.07) is 7.47. The Hall–Kier alpha value is -2.54. The number of carbonyl (C=O) groups excluding carboxylic acids is 2. The molecule has 0 bridgehead atoms. The molecule has 0 radical (unpaired) electrons. The van der Waals surface area contributed by atoms with Crippen LogP contribution in [0.1, 0.15) is 42.4 Å². The summed E-state index contributed by atoms with van der Waals surface area (Å²) in [5, 5.41) is 12.1. The van der Waals surface area contributed by atoms with Gasteiger partial charge in [-0.25, -0.2) is 0 Å². The van der Waals surface area contributed by atoms with Gasteiger partial charge in [0.05, 0.1) is 12.5 Å². The highest BCUT2D eigenvalue weighted by molar-refractivity contribution is 7.15. The molecule has 1 unspecified atom stereocenters. The van der Waals surface area contributed by atoms with Gasteiger partial charge in [0.1, 0.15) is 5.01 Å². The number of nitrogens with one attached hydrogen (secondary N) is 1. The molecular formula is C17H18N4O2S. The van der Waals surface area contributed by atoms with Crippen molar-refractivity contribution >= 4 is 34.4 Å². The van der Waals surface area contributed by atoms with Gasteiger partial charge in [-0.1, -0.05) is 42.5 Å². The van der Waals surface area contributed by atoms with Crippen LogP contribution < -0.4 is 5.32 Å². The molecule has 24 heavy (non-hydrogen) atoms. The zero-order valence-electron chi connectivity index (χ0n) is 13.5. The predicted octanol–water partition coefficient (Wildman–Crippen LogP) is 3.00. The van der Waals surface area contributed by atoms with Crippen LogP contribution in [0.15, 0.2) is 30.5 Å². The summed E-state index contributed by atoms with van der Waals surface area (Å²) in [5.74, 6) is -0.280. The quantitative estimate of drug-likeness (QED) is 0.927. The molecule has 1 atom stereocenters. The van der Waals surface area contributed by atoms with Crippen molar-refractivity contribution in [2.75, 3.05) is 5.32 Å². The second kappa shape index (κ2) is 6.92. The third-order valence-electron chi connectivity index (χ3n) is 3.86. The average Bonchev–Trinajstić information content (AvgIpc) is 3.02. The van der Waals surface area contributed by atoms with Crippen LogP contribution in [0.3, 0.4) is 0 Å². The molecule has 0 saturated carbocycles. The second-order valence-corrected chi connectivity index (χ2v) is 6.56. The molecule has 1 N–H and O–H groups in total. The highest BCUT2D eigenvalue weighted by Crippen LogP contribution is 2.33. The van der Waals surface area contributed by atoms with Crippen LogP contribution in [0.4, 0.5) is 5.13 Å². The standard InChI is InChI=1S/C17H18N4O2S/c1-3-16-19-20-17(24-16)18-15(23)10-14-13-7-5-4-6-12(13)8-9-21(14)11(2)22/h4-9,14H,3,10H2,1-2H3,(H,18,20,23). The average molecular weight is 342 g/mol. The summed E-state index contributed by atoms with van der Waals surface area (Å²) in [6.45, 7) is 3.49. The topological polar surface area (TPSA) is 75.2 Å². The van der Waals surface area contributed by atoms with Crippen LogP contribution in [-0.4, -0.2) is 26.9 Å². The summed E-state index contributed by atoms with van der Waals surface area (Å²) in [7, 11) is 0. The molecule has 1 aromatic heterocycles. The van der Waals surface area contributed by atoms with E-state index < -0.39 is 0 Å². The molecule has 0 aliphatic carbocycles. The molecule has 1 aromatic carbocycles. The number of carbonyl (C=O) groups is 2. The predicted molar refractivity (Wildman–Crippen MR) is 93.3 cm³/mol. The number of benzene rings is 1. The Morgan fingerprint density at radius 3 is 2.79 bits per heavy atom. The summed E-state index contributed by atoms with van der Waals surface area (Å²) in [4.78, 5) is 25.9. The summed E-state index contributed by atoms with van der Waals surface area (Å²) < 4.78 is 0. The van der Waals surface area contributed by atoms with Gasteiger partial charge in [0.2, 0.25) is 16.9 Å². The molecule has 124 valence electrons. The number of hydrogen-bond acceptors (Lipinski definition) is 5. The van der Waals surface area contributed by atoms with Gasteiger partial charge < -0.3 is 10.2 Å². The number of nitrogens with zero attached hydrogens (tertiary/aromatic N) is 3. The minimum absolute atomic E-state index is 0.0947. The fraction of sp³-hybridized carbons (Fsp3) is 0.294. The van der Waals surface area contributed by atoms with Crippen molar-refractivity contribution in [2.24, 2.45) is 0 Å². The summed E-state index contributed by atoms with van der Waals surface area (Å²) in [6.07, 6.45) is 4.58. The van der Waals surface area contributed by atoms with Crippen molar-refractivity contribution in [3.05, 3.63) is 46.6 Å². The first-order chi connectivity index (χ1) is 11.6. The Balaban J connectivity index is 1.79. The van der Waals surface area contributed by atoms with E-state index in [0.717, 1.165) is 22.6 Å². The SMILES string of the molecule is CCc1nnc(NC(=O)CC2c3ccccc3C=CN2C(C)=O)s1. The van der Waals surface area contributed by atoms with Crippen molar-refractivity contribution < 1.29 is 9.59 Å². The van der Waals surface area contributed by atoms with E-state index in [0.29, 0.717) is 5.13 Å². The molecule has 1 aliphatic rings. The van der Waals surface area contributed by atoms with Crippen LogP contribution in [0, 0.1) is 0 Å². The van der Waals surface area contributed by atoms with Gasteiger partial charge in [-0.2, -0.15) is 0 Å². The van der Waals surface area contributed by atoms with Crippen LogP contribution in [0.2, 0.25) is 0 Å². The number of fused-ring (bicyclic) bond motifs is 1. The molecule has 1 aliphatic heterocycles.